The molecule has 1 aromatic heterocycles. The topological polar surface area (TPSA) is 90.7 Å². The Morgan fingerprint density at radius 2 is 1.79 bits per heavy atom. The molecule has 1 atom stereocenters. The fourth-order valence-corrected chi connectivity index (χ4v) is 6.09. The van der Waals surface area contributed by atoms with E-state index in [0.717, 1.165) is 29.4 Å². The van der Waals surface area contributed by atoms with Gasteiger partial charge in [0.05, 0.1) is 33.8 Å². The van der Waals surface area contributed by atoms with Crippen LogP contribution in [0.2, 0.25) is 5.02 Å². The van der Waals surface area contributed by atoms with Crippen LogP contribution in [0.15, 0.2) is 42.5 Å². The van der Waals surface area contributed by atoms with Crippen LogP contribution in [-0.2, 0) is 14.3 Å². The number of allylic oxidation sites excluding steroid dienone is 2. The molecule has 2 aliphatic carbocycles. The van der Waals surface area contributed by atoms with Gasteiger partial charge in [0.1, 0.15) is 5.60 Å². The minimum atomic E-state index is -0.538. The van der Waals surface area contributed by atoms with Gasteiger partial charge in [0.25, 0.3) is 11.8 Å². The number of hydrogen-bond donors (Lipinski definition) is 0. The second-order valence-corrected chi connectivity index (χ2v) is 13.0. The van der Waals surface area contributed by atoms with E-state index in [9.17, 15) is 14.4 Å². The third-order valence-corrected chi connectivity index (χ3v) is 8.64. The van der Waals surface area contributed by atoms with Crippen molar-refractivity contribution in [2.45, 2.75) is 70.5 Å². The summed E-state index contributed by atoms with van der Waals surface area (Å²) in [5.41, 5.74) is 3.56. The molecule has 9 heteroatoms. The van der Waals surface area contributed by atoms with E-state index < -0.39 is 5.60 Å². The van der Waals surface area contributed by atoms with Crippen molar-refractivity contribution in [1.29, 1.82) is 0 Å². The molecule has 2 aromatic carbocycles. The number of amides is 1. The van der Waals surface area contributed by atoms with Crippen LogP contribution in [0, 0.1) is 5.92 Å². The van der Waals surface area contributed by atoms with E-state index in [0.29, 0.717) is 65.6 Å². The van der Waals surface area contributed by atoms with Crippen LogP contribution in [-0.4, -0.2) is 64.4 Å². The molecule has 220 valence electrons. The number of ether oxygens (including phenoxy) is 2. The predicted molar refractivity (Wildman–Crippen MR) is 161 cm³/mol. The molecule has 3 aromatic rings. The maximum absolute atomic E-state index is 14.2. The standard InChI is InChI=1S/C33H36ClN3O5/c1-33(2,3)42-32(40)21-12-10-20(11-13-21)29-25-15-14-22(30(38)36-17-23(18-36)41-4)16-27(25)37(35-29)31(39)28-24(19-8-9-19)6-5-7-26(28)34/h5-7,10,14-16,19,21,23H,8-9,11-13,17-18H2,1-4H3. The predicted octanol–water partition coefficient (Wildman–Crippen LogP) is 6.25. The fraction of sp³-hybridized carbons (Fsp3) is 0.455. The summed E-state index contributed by atoms with van der Waals surface area (Å²) < 4.78 is 12.4. The van der Waals surface area contributed by atoms with Crippen molar-refractivity contribution < 1.29 is 23.9 Å². The first-order valence-electron chi connectivity index (χ1n) is 14.6. The lowest BCUT2D eigenvalue weighted by Crippen LogP contribution is -2.54. The van der Waals surface area contributed by atoms with Gasteiger partial charge in [-0.1, -0.05) is 29.8 Å². The molecular formula is C33H36ClN3O5. The van der Waals surface area contributed by atoms with Crippen LogP contribution in [0.3, 0.4) is 0 Å². The van der Waals surface area contributed by atoms with Crippen LogP contribution in [0.4, 0.5) is 0 Å². The summed E-state index contributed by atoms with van der Waals surface area (Å²) in [5, 5.41) is 6.04. The number of fused-ring (bicyclic) bond motifs is 1. The van der Waals surface area contributed by atoms with Crippen molar-refractivity contribution >= 4 is 45.9 Å². The SMILES string of the molecule is COC1CN(C(=O)c2ccc3c(C4=CCC(C(=O)OC(C)(C)C)CC4)nn(C(=O)c4c(Cl)cccc4C4CC4)c3c2)C1. The molecule has 1 unspecified atom stereocenters. The highest BCUT2D eigenvalue weighted by atomic mass is 35.5. The third kappa shape index (κ3) is 5.50. The van der Waals surface area contributed by atoms with E-state index in [-0.39, 0.29) is 29.8 Å². The second-order valence-electron chi connectivity index (χ2n) is 12.6. The summed E-state index contributed by atoms with van der Waals surface area (Å²) in [4.78, 5) is 41.9. The minimum absolute atomic E-state index is 0.0419. The number of aromatic nitrogens is 2. The molecule has 0 radical (unpaired) electrons. The highest BCUT2D eigenvalue weighted by Gasteiger charge is 2.34. The fourth-order valence-electron chi connectivity index (χ4n) is 5.83. The van der Waals surface area contributed by atoms with Gasteiger partial charge in [-0.25, -0.2) is 0 Å². The Hall–Kier alpha value is -3.49. The zero-order valence-electron chi connectivity index (χ0n) is 24.5. The molecule has 2 heterocycles. The van der Waals surface area contributed by atoms with Crippen molar-refractivity contribution in [3.63, 3.8) is 0 Å². The largest absolute Gasteiger partial charge is 0.460 e. The Balaban J connectivity index is 1.39. The van der Waals surface area contributed by atoms with Crippen LogP contribution in [0.25, 0.3) is 16.5 Å². The van der Waals surface area contributed by atoms with Gasteiger partial charge in [-0.3, -0.25) is 14.4 Å². The van der Waals surface area contributed by atoms with Gasteiger partial charge in [0.15, 0.2) is 0 Å². The smallest absolute Gasteiger partial charge is 0.309 e. The molecule has 1 aliphatic heterocycles. The minimum Gasteiger partial charge on any atom is -0.460 e. The van der Waals surface area contributed by atoms with Crippen LogP contribution < -0.4 is 0 Å². The summed E-state index contributed by atoms with van der Waals surface area (Å²) in [6.07, 6.45) is 5.91. The lowest BCUT2D eigenvalue weighted by molar-refractivity contribution is -0.160. The lowest BCUT2D eigenvalue weighted by atomic mass is 9.87. The molecule has 0 N–H and O–H groups in total. The van der Waals surface area contributed by atoms with Crippen LogP contribution >= 0.6 is 11.6 Å². The maximum Gasteiger partial charge on any atom is 0.309 e. The molecule has 0 bridgehead atoms. The number of likely N-dealkylation sites (tertiary alicyclic amines) is 1. The van der Waals surface area contributed by atoms with Crippen molar-refractivity contribution in [1.82, 2.24) is 14.7 Å². The quantitative estimate of drug-likeness (QED) is 0.316. The van der Waals surface area contributed by atoms with Gasteiger partial charge in [-0.05, 0) is 94.2 Å². The van der Waals surface area contributed by atoms with E-state index >= 15 is 0 Å². The zero-order valence-corrected chi connectivity index (χ0v) is 25.2. The van der Waals surface area contributed by atoms with Gasteiger partial charge in [-0.15, -0.1) is 0 Å². The molecule has 2 fully saturated rings. The molecule has 8 nitrogen and oxygen atoms in total. The van der Waals surface area contributed by atoms with Crippen molar-refractivity contribution in [3.05, 3.63) is 69.9 Å². The number of methoxy groups -OCH3 is 1. The Morgan fingerprint density at radius 1 is 1.02 bits per heavy atom. The highest BCUT2D eigenvalue weighted by Crippen LogP contribution is 2.44. The third-order valence-electron chi connectivity index (χ3n) is 8.32. The Labute approximate surface area is 250 Å². The summed E-state index contributed by atoms with van der Waals surface area (Å²) in [5.74, 6) is -0.522. The van der Waals surface area contributed by atoms with Crippen molar-refractivity contribution in [2.75, 3.05) is 20.2 Å². The average Bonchev–Trinajstić information content (AvgIpc) is 3.71. The van der Waals surface area contributed by atoms with Gasteiger partial charge in [0, 0.05) is 31.1 Å². The molecular weight excluding hydrogens is 554 g/mol. The first-order chi connectivity index (χ1) is 20.0. The number of carbonyl (C=O) groups is 3. The van der Waals surface area contributed by atoms with Crippen LogP contribution in [0.1, 0.15) is 90.8 Å². The lowest BCUT2D eigenvalue weighted by Gasteiger charge is -2.38. The number of nitrogens with zero attached hydrogens (tertiary/aromatic N) is 3. The zero-order chi connectivity index (χ0) is 29.8. The first kappa shape index (κ1) is 28.6. The number of halogens is 1. The molecule has 0 spiro atoms. The van der Waals surface area contributed by atoms with E-state index in [4.69, 9.17) is 26.2 Å². The van der Waals surface area contributed by atoms with Gasteiger partial charge >= 0.3 is 5.97 Å². The summed E-state index contributed by atoms with van der Waals surface area (Å²) in [6, 6.07) is 11.0. The second kappa shape index (κ2) is 11.0. The van der Waals surface area contributed by atoms with Gasteiger partial charge in [-0.2, -0.15) is 9.78 Å². The number of carbonyl (C=O) groups excluding carboxylic acids is 3. The number of hydrogen-bond acceptors (Lipinski definition) is 6. The average molecular weight is 590 g/mol. The molecule has 1 saturated heterocycles. The van der Waals surface area contributed by atoms with E-state index in [1.165, 1.54) is 4.68 Å². The monoisotopic (exact) mass is 589 g/mol. The highest BCUT2D eigenvalue weighted by molar-refractivity contribution is 6.34. The summed E-state index contributed by atoms with van der Waals surface area (Å²) in [6.45, 7) is 6.68. The number of esters is 1. The van der Waals surface area contributed by atoms with Crippen molar-refractivity contribution in [2.24, 2.45) is 5.92 Å². The van der Waals surface area contributed by atoms with E-state index in [2.05, 4.69) is 0 Å². The Bertz CT molecular complexity index is 1610. The van der Waals surface area contributed by atoms with Crippen LogP contribution in [0.5, 0.6) is 0 Å². The molecule has 42 heavy (non-hydrogen) atoms. The van der Waals surface area contributed by atoms with Gasteiger partial charge in [0.2, 0.25) is 0 Å². The van der Waals surface area contributed by atoms with Crippen molar-refractivity contribution in [3.8, 4) is 0 Å². The summed E-state index contributed by atoms with van der Waals surface area (Å²) in [7, 11) is 1.64. The molecule has 1 amide bonds. The first-order valence-corrected chi connectivity index (χ1v) is 15.0. The number of benzene rings is 2. The van der Waals surface area contributed by atoms with E-state index in [1.807, 2.05) is 45.0 Å². The maximum atomic E-state index is 14.2. The Kier molecular flexibility index (Phi) is 7.48. The van der Waals surface area contributed by atoms with E-state index in [1.54, 1.807) is 30.2 Å². The summed E-state index contributed by atoms with van der Waals surface area (Å²) >= 11 is 6.63. The Morgan fingerprint density at radius 3 is 2.43 bits per heavy atom. The molecule has 3 aliphatic rings. The molecule has 1 saturated carbocycles. The number of rotatable bonds is 6. The molecule has 6 rings (SSSR count). The van der Waals surface area contributed by atoms with Gasteiger partial charge < -0.3 is 14.4 Å². The normalized spacial score (nSPS) is 19.4.